The third-order valence-corrected chi connectivity index (χ3v) is 7.21. The van der Waals surface area contributed by atoms with E-state index in [1.807, 2.05) is 30.4 Å². The van der Waals surface area contributed by atoms with Crippen LogP contribution in [-0.2, 0) is 13.5 Å². The van der Waals surface area contributed by atoms with Crippen LogP contribution in [0.15, 0.2) is 30.3 Å². The highest BCUT2D eigenvalue weighted by atomic mass is 19.2. The van der Waals surface area contributed by atoms with E-state index in [2.05, 4.69) is 16.1 Å². The fourth-order valence-corrected chi connectivity index (χ4v) is 5.39. The van der Waals surface area contributed by atoms with Crippen molar-refractivity contribution in [1.82, 2.24) is 24.1 Å². The summed E-state index contributed by atoms with van der Waals surface area (Å²) in [5.74, 6) is -3.66. The molecule has 6 rings (SSSR count). The molecule has 0 radical (unpaired) electrons. The van der Waals surface area contributed by atoms with Crippen molar-refractivity contribution in [1.29, 1.82) is 0 Å². The van der Waals surface area contributed by atoms with Crippen LogP contribution in [0.1, 0.15) is 64.9 Å². The van der Waals surface area contributed by atoms with E-state index < -0.39 is 17.5 Å². The Hall–Kier alpha value is -3.62. The van der Waals surface area contributed by atoms with Gasteiger partial charge in [-0.1, -0.05) is 6.07 Å². The maximum absolute atomic E-state index is 14.0. The minimum absolute atomic E-state index is 0.118. The molecule has 0 N–H and O–H groups in total. The molecule has 0 spiro atoms. The molecule has 3 aromatic heterocycles. The van der Waals surface area contributed by atoms with Gasteiger partial charge in [0.15, 0.2) is 17.5 Å². The summed E-state index contributed by atoms with van der Waals surface area (Å²) in [6.07, 6.45) is 2.67. The van der Waals surface area contributed by atoms with Gasteiger partial charge in [0.05, 0.1) is 23.1 Å². The van der Waals surface area contributed by atoms with E-state index in [1.165, 1.54) is 0 Å². The molecule has 9 heteroatoms. The standard InChI is InChI=1S/C26H24F3N5O/c1-13-24(34-20(15-7-8-15)5-4-6-21(34)30-13)26(35)33-10-9-17-23(14(33)2)31-32(3)25(17)16-11-18(27)22(29)19(28)12-16/h4-6,11-12,14-15H,7-10H2,1-3H3/t14-/m0/s1. The van der Waals surface area contributed by atoms with Crippen molar-refractivity contribution >= 4 is 11.6 Å². The van der Waals surface area contributed by atoms with Gasteiger partial charge in [-0.05, 0) is 63.3 Å². The molecule has 1 aliphatic carbocycles. The lowest BCUT2D eigenvalue weighted by atomic mass is 9.95. The summed E-state index contributed by atoms with van der Waals surface area (Å²) in [6, 6.07) is 7.57. The molecule has 0 bridgehead atoms. The van der Waals surface area contributed by atoms with Gasteiger partial charge in [0.1, 0.15) is 11.3 Å². The van der Waals surface area contributed by atoms with Crippen molar-refractivity contribution in [3.8, 4) is 11.3 Å². The van der Waals surface area contributed by atoms with E-state index in [0.29, 0.717) is 41.7 Å². The Bertz CT molecular complexity index is 1490. The van der Waals surface area contributed by atoms with Crippen LogP contribution in [-0.4, -0.2) is 36.5 Å². The number of hydrogen-bond donors (Lipinski definition) is 0. The second-order valence-corrected chi connectivity index (χ2v) is 9.48. The first-order valence-electron chi connectivity index (χ1n) is 11.8. The summed E-state index contributed by atoms with van der Waals surface area (Å²) in [5, 5.41) is 4.61. The number of nitrogens with zero attached hydrogens (tertiary/aromatic N) is 5. The van der Waals surface area contributed by atoms with Crippen molar-refractivity contribution in [2.45, 2.75) is 45.1 Å². The molecule has 1 amide bonds. The molecule has 2 aliphatic rings. The maximum Gasteiger partial charge on any atom is 0.273 e. The van der Waals surface area contributed by atoms with E-state index >= 15 is 0 Å². The zero-order chi connectivity index (χ0) is 24.6. The van der Waals surface area contributed by atoms with Crippen molar-refractivity contribution < 1.29 is 18.0 Å². The van der Waals surface area contributed by atoms with Crippen molar-refractivity contribution in [3.05, 3.63) is 76.1 Å². The lowest BCUT2D eigenvalue weighted by Crippen LogP contribution is -2.39. The minimum atomic E-state index is -1.50. The Balaban J connectivity index is 1.40. The molecule has 1 fully saturated rings. The lowest BCUT2D eigenvalue weighted by molar-refractivity contribution is 0.0665. The molecular formula is C26H24F3N5O. The summed E-state index contributed by atoms with van der Waals surface area (Å²) >= 11 is 0. The number of carbonyl (C=O) groups is 1. The first-order valence-corrected chi connectivity index (χ1v) is 11.8. The Labute approximate surface area is 200 Å². The summed E-state index contributed by atoms with van der Waals surface area (Å²) in [5.41, 5.74) is 5.34. The largest absolute Gasteiger partial charge is 0.329 e. The average molecular weight is 480 g/mol. The predicted molar refractivity (Wildman–Crippen MR) is 124 cm³/mol. The molecule has 180 valence electrons. The SMILES string of the molecule is Cc1nc2cccc(C3CC3)n2c1C(=O)N1CCc2c(nn(C)c2-c2cc(F)c(F)c(F)c2)[C@@H]1C. The van der Waals surface area contributed by atoms with E-state index in [4.69, 9.17) is 0 Å². The molecule has 35 heavy (non-hydrogen) atoms. The summed E-state index contributed by atoms with van der Waals surface area (Å²) < 4.78 is 45.0. The molecule has 4 aromatic rings. The summed E-state index contributed by atoms with van der Waals surface area (Å²) in [4.78, 5) is 20.3. The molecule has 1 saturated carbocycles. The second-order valence-electron chi connectivity index (χ2n) is 9.48. The minimum Gasteiger partial charge on any atom is -0.329 e. The third kappa shape index (κ3) is 3.28. The van der Waals surface area contributed by atoms with E-state index in [-0.39, 0.29) is 17.5 Å². The van der Waals surface area contributed by atoms with Crippen LogP contribution in [0.4, 0.5) is 13.2 Å². The highest BCUT2D eigenvalue weighted by Gasteiger charge is 2.36. The Morgan fingerprint density at radius 1 is 1.11 bits per heavy atom. The Kier molecular flexibility index (Phi) is 4.81. The number of benzene rings is 1. The second kappa shape index (κ2) is 7.69. The highest BCUT2D eigenvalue weighted by Crippen LogP contribution is 2.41. The molecule has 1 aliphatic heterocycles. The van der Waals surface area contributed by atoms with Gasteiger partial charge in [-0.25, -0.2) is 18.2 Å². The van der Waals surface area contributed by atoms with Gasteiger partial charge in [-0.2, -0.15) is 5.10 Å². The quantitative estimate of drug-likeness (QED) is 0.385. The van der Waals surface area contributed by atoms with Crippen molar-refractivity contribution in [2.75, 3.05) is 6.54 Å². The van der Waals surface area contributed by atoms with E-state index in [1.54, 1.807) is 16.6 Å². The molecular weight excluding hydrogens is 455 g/mol. The van der Waals surface area contributed by atoms with Crippen LogP contribution in [0.2, 0.25) is 0 Å². The molecule has 0 unspecified atom stereocenters. The number of rotatable bonds is 3. The predicted octanol–water partition coefficient (Wildman–Crippen LogP) is 5.10. The number of fused-ring (bicyclic) bond motifs is 2. The normalized spacial score (nSPS) is 17.8. The number of aryl methyl sites for hydroxylation is 2. The monoisotopic (exact) mass is 479 g/mol. The van der Waals surface area contributed by atoms with Crippen LogP contribution in [0.3, 0.4) is 0 Å². The number of pyridine rings is 1. The fourth-order valence-electron chi connectivity index (χ4n) is 5.39. The Morgan fingerprint density at radius 3 is 2.51 bits per heavy atom. The van der Waals surface area contributed by atoms with Gasteiger partial charge in [-0.3, -0.25) is 13.9 Å². The van der Waals surface area contributed by atoms with Crippen LogP contribution >= 0.6 is 0 Å². The van der Waals surface area contributed by atoms with Gasteiger partial charge in [0.2, 0.25) is 0 Å². The summed E-state index contributed by atoms with van der Waals surface area (Å²) in [7, 11) is 1.68. The van der Waals surface area contributed by atoms with Crippen LogP contribution < -0.4 is 0 Å². The molecule has 6 nitrogen and oxygen atoms in total. The van der Waals surface area contributed by atoms with Crippen LogP contribution in [0, 0.1) is 24.4 Å². The fraction of sp³-hybridized carbons (Fsp3) is 0.346. The van der Waals surface area contributed by atoms with Gasteiger partial charge in [0, 0.05) is 30.4 Å². The molecule has 1 atom stereocenters. The first kappa shape index (κ1) is 21.9. The number of amides is 1. The lowest BCUT2D eigenvalue weighted by Gasteiger charge is -2.33. The van der Waals surface area contributed by atoms with Crippen LogP contribution in [0.5, 0.6) is 0 Å². The van der Waals surface area contributed by atoms with Crippen molar-refractivity contribution in [3.63, 3.8) is 0 Å². The highest BCUT2D eigenvalue weighted by molar-refractivity contribution is 5.95. The third-order valence-electron chi connectivity index (χ3n) is 7.21. The van der Waals surface area contributed by atoms with Gasteiger partial charge < -0.3 is 4.90 Å². The van der Waals surface area contributed by atoms with Gasteiger partial charge in [0.25, 0.3) is 5.91 Å². The number of imidazole rings is 1. The van der Waals surface area contributed by atoms with Gasteiger partial charge in [-0.15, -0.1) is 0 Å². The topological polar surface area (TPSA) is 55.4 Å². The Morgan fingerprint density at radius 2 is 1.83 bits per heavy atom. The van der Waals surface area contributed by atoms with Crippen LogP contribution in [0.25, 0.3) is 16.9 Å². The zero-order valence-corrected chi connectivity index (χ0v) is 19.6. The van der Waals surface area contributed by atoms with Gasteiger partial charge >= 0.3 is 0 Å². The molecule has 1 aromatic carbocycles. The first-order chi connectivity index (χ1) is 16.8. The smallest absolute Gasteiger partial charge is 0.273 e. The number of halogens is 3. The number of aromatic nitrogens is 4. The maximum atomic E-state index is 14.0. The average Bonchev–Trinajstić information content (AvgIpc) is 3.52. The number of hydrogen-bond acceptors (Lipinski definition) is 3. The molecule has 4 heterocycles. The van der Waals surface area contributed by atoms with Crippen molar-refractivity contribution in [2.24, 2.45) is 7.05 Å². The number of carbonyl (C=O) groups excluding carboxylic acids is 1. The summed E-state index contributed by atoms with van der Waals surface area (Å²) in [6.45, 7) is 4.17. The van der Waals surface area contributed by atoms with E-state index in [0.717, 1.165) is 41.9 Å². The zero-order valence-electron chi connectivity index (χ0n) is 19.6. The molecule has 0 saturated heterocycles. The van der Waals surface area contributed by atoms with E-state index in [9.17, 15) is 18.0 Å².